The summed E-state index contributed by atoms with van der Waals surface area (Å²) in [5.74, 6) is 0.934. The second-order valence-electron chi connectivity index (χ2n) is 6.01. The van der Waals surface area contributed by atoms with E-state index in [4.69, 9.17) is 9.47 Å². The van der Waals surface area contributed by atoms with Crippen LogP contribution >= 0.6 is 0 Å². The summed E-state index contributed by atoms with van der Waals surface area (Å²) in [7, 11) is 1.76. The zero-order valence-corrected chi connectivity index (χ0v) is 13.5. The molecule has 1 rings (SSSR count). The normalized spacial score (nSPS) is 13.2. The van der Waals surface area contributed by atoms with Crippen molar-refractivity contribution in [2.45, 2.75) is 40.2 Å². The quantitative estimate of drug-likeness (QED) is 0.746. The van der Waals surface area contributed by atoms with Crippen LogP contribution in [0.2, 0.25) is 0 Å². The number of methoxy groups -OCH3 is 1. The minimum atomic E-state index is 0.246. The second-order valence-corrected chi connectivity index (χ2v) is 6.01. The first-order chi connectivity index (χ1) is 9.48. The molecule has 0 radical (unpaired) electrons. The van der Waals surface area contributed by atoms with Gasteiger partial charge in [0.2, 0.25) is 0 Å². The van der Waals surface area contributed by atoms with E-state index in [0.717, 1.165) is 25.3 Å². The summed E-state index contributed by atoms with van der Waals surface area (Å²) in [5.41, 5.74) is 1.53. The first-order valence-corrected chi connectivity index (χ1v) is 7.43. The monoisotopic (exact) mass is 279 g/mol. The number of rotatable bonds is 9. The van der Waals surface area contributed by atoms with Crippen molar-refractivity contribution in [2.24, 2.45) is 5.41 Å². The fraction of sp³-hybridized carbons (Fsp3) is 0.647. The molecule has 1 aromatic rings. The third-order valence-electron chi connectivity index (χ3n) is 3.56. The lowest BCUT2D eigenvalue weighted by Crippen LogP contribution is -2.32. The zero-order chi connectivity index (χ0) is 15.0. The maximum atomic E-state index is 5.46. The largest absolute Gasteiger partial charge is 0.494 e. The summed E-state index contributed by atoms with van der Waals surface area (Å²) in [5, 5.41) is 3.60. The van der Waals surface area contributed by atoms with Gasteiger partial charge in [-0.3, -0.25) is 0 Å². The molecule has 114 valence electrons. The van der Waals surface area contributed by atoms with Crippen molar-refractivity contribution >= 4 is 0 Å². The fourth-order valence-electron chi connectivity index (χ4n) is 2.03. The van der Waals surface area contributed by atoms with Gasteiger partial charge in [-0.1, -0.05) is 26.0 Å². The maximum absolute atomic E-state index is 5.46. The van der Waals surface area contributed by atoms with Crippen LogP contribution in [0.4, 0.5) is 0 Å². The number of nitrogens with one attached hydrogen (secondary N) is 1. The predicted octanol–water partition coefficient (Wildman–Crippen LogP) is 3.80. The summed E-state index contributed by atoms with van der Waals surface area (Å²) >= 11 is 0. The van der Waals surface area contributed by atoms with E-state index in [-0.39, 0.29) is 5.41 Å². The Bertz CT molecular complexity index is 373. The molecule has 0 aliphatic carbocycles. The van der Waals surface area contributed by atoms with Crippen molar-refractivity contribution in [2.75, 3.05) is 26.9 Å². The average Bonchev–Trinajstić information content (AvgIpc) is 2.44. The van der Waals surface area contributed by atoms with Gasteiger partial charge >= 0.3 is 0 Å². The van der Waals surface area contributed by atoms with Gasteiger partial charge in [0.1, 0.15) is 5.75 Å². The van der Waals surface area contributed by atoms with Gasteiger partial charge in [0, 0.05) is 26.3 Å². The number of hydrogen-bond acceptors (Lipinski definition) is 3. The molecule has 0 heterocycles. The summed E-state index contributed by atoms with van der Waals surface area (Å²) in [4.78, 5) is 0. The van der Waals surface area contributed by atoms with E-state index in [2.05, 4.69) is 38.2 Å². The molecule has 0 aliphatic heterocycles. The first kappa shape index (κ1) is 17.0. The maximum Gasteiger partial charge on any atom is 0.119 e. The first-order valence-electron chi connectivity index (χ1n) is 7.43. The highest BCUT2D eigenvalue weighted by atomic mass is 16.5. The molecule has 0 aliphatic rings. The molecule has 0 spiro atoms. The summed E-state index contributed by atoms with van der Waals surface area (Å²) in [6.45, 7) is 11.2. The van der Waals surface area contributed by atoms with Crippen LogP contribution in [0.25, 0.3) is 0 Å². The Kier molecular flexibility index (Phi) is 7.03. The van der Waals surface area contributed by atoms with Crippen molar-refractivity contribution < 1.29 is 9.47 Å². The van der Waals surface area contributed by atoms with Crippen molar-refractivity contribution in [3.05, 3.63) is 29.8 Å². The van der Waals surface area contributed by atoms with Gasteiger partial charge in [-0.25, -0.2) is 0 Å². The van der Waals surface area contributed by atoms with Gasteiger partial charge in [-0.05, 0) is 43.4 Å². The van der Waals surface area contributed by atoms with E-state index >= 15 is 0 Å². The van der Waals surface area contributed by atoms with Crippen LogP contribution in [-0.2, 0) is 4.74 Å². The van der Waals surface area contributed by atoms with Gasteiger partial charge in [0.15, 0.2) is 0 Å². The lowest BCUT2D eigenvalue weighted by molar-refractivity contribution is 0.149. The molecule has 0 fully saturated rings. The lowest BCUT2D eigenvalue weighted by Gasteiger charge is -2.27. The zero-order valence-electron chi connectivity index (χ0n) is 13.5. The van der Waals surface area contributed by atoms with Crippen LogP contribution in [0.1, 0.15) is 45.7 Å². The Hall–Kier alpha value is -1.06. The van der Waals surface area contributed by atoms with Gasteiger partial charge in [0.25, 0.3) is 0 Å². The van der Waals surface area contributed by atoms with E-state index in [1.807, 2.05) is 19.1 Å². The van der Waals surface area contributed by atoms with Gasteiger partial charge in [-0.15, -0.1) is 0 Å². The Morgan fingerprint density at radius 3 is 2.40 bits per heavy atom. The minimum absolute atomic E-state index is 0.246. The van der Waals surface area contributed by atoms with Crippen LogP contribution in [0.5, 0.6) is 5.75 Å². The van der Waals surface area contributed by atoms with Crippen LogP contribution in [0, 0.1) is 5.41 Å². The molecule has 0 saturated heterocycles. The van der Waals surface area contributed by atoms with Crippen molar-refractivity contribution in [1.82, 2.24) is 5.32 Å². The smallest absolute Gasteiger partial charge is 0.119 e. The summed E-state index contributed by atoms with van der Waals surface area (Å²) in [6.07, 6.45) is 1.06. The summed E-state index contributed by atoms with van der Waals surface area (Å²) in [6, 6.07) is 8.67. The van der Waals surface area contributed by atoms with E-state index in [1.165, 1.54) is 5.56 Å². The van der Waals surface area contributed by atoms with Crippen LogP contribution in [0.15, 0.2) is 24.3 Å². The molecular weight excluding hydrogens is 250 g/mol. The van der Waals surface area contributed by atoms with Crippen molar-refractivity contribution in [3.8, 4) is 5.75 Å². The molecular formula is C17H29NO2. The van der Waals surface area contributed by atoms with Gasteiger partial charge in [0.05, 0.1) is 6.61 Å². The van der Waals surface area contributed by atoms with Crippen molar-refractivity contribution in [3.63, 3.8) is 0 Å². The van der Waals surface area contributed by atoms with Crippen molar-refractivity contribution in [1.29, 1.82) is 0 Å². The standard InChI is InChI=1S/C17H29NO2/c1-6-20-16-9-7-15(8-10-16)14(2)18-13-17(3,4)11-12-19-5/h7-10,14,18H,6,11-13H2,1-5H3. The van der Waals surface area contributed by atoms with Gasteiger partial charge < -0.3 is 14.8 Å². The number of hydrogen-bond donors (Lipinski definition) is 1. The molecule has 0 aromatic heterocycles. The highest BCUT2D eigenvalue weighted by Crippen LogP contribution is 2.22. The van der Waals surface area contributed by atoms with Gasteiger partial charge in [-0.2, -0.15) is 0 Å². The lowest BCUT2D eigenvalue weighted by atomic mass is 9.89. The highest BCUT2D eigenvalue weighted by Gasteiger charge is 2.18. The third kappa shape index (κ3) is 5.93. The van der Waals surface area contributed by atoms with E-state index in [1.54, 1.807) is 7.11 Å². The molecule has 0 bridgehead atoms. The Morgan fingerprint density at radius 2 is 1.85 bits per heavy atom. The SMILES string of the molecule is CCOc1ccc(C(C)NCC(C)(C)CCOC)cc1. The van der Waals surface area contributed by atoms with Crippen LogP contribution in [0.3, 0.4) is 0 Å². The molecule has 0 saturated carbocycles. The molecule has 1 atom stereocenters. The minimum Gasteiger partial charge on any atom is -0.494 e. The molecule has 1 N–H and O–H groups in total. The Morgan fingerprint density at radius 1 is 1.20 bits per heavy atom. The molecule has 3 heteroatoms. The second kappa shape index (κ2) is 8.28. The van der Waals surface area contributed by atoms with Crippen LogP contribution in [-0.4, -0.2) is 26.9 Å². The van der Waals surface area contributed by atoms with E-state index in [0.29, 0.717) is 12.6 Å². The summed E-state index contributed by atoms with van der Waals surface area (Å²) < 4.78 is 10.6. The Balaban J connectivity index is 2.47. The third-order valence-corrected chi connectivity index (χ3v) is 3.56. The molecule has 20 heavy (non-hydrogen) atoms. The average molecular weight is 279 g/mol. The number of ether oxygens (including phenoxy) is 2. The fourth-order valence-corrected chi connectivity index (χ4v) is 2.03. The molecule has 1 unspecified atom stereocenters. The molecule has 1 aromatic carbocycles. The highest BCUT2D eigenvalue weighted by molar-refractivity contribution is 5.28. The topological polar surface area (TPSA) is 30.5 Å². The molecule has 0 amide bonds. The number of benzene rings is 1. The Labute approximate surface area is 123 Å². The predicted molar refractivity (Wildman–Crippen MR) is 84.3 cm³/mol. The van der Waals surface area contributed by atoms with E-state index in [9.17, 15) is 0 Å². The molecule has 3 nitrogen and oxygen atoms in total. The van der Waals surface area contributed by atoms with Crippen LogP contribution < -0.4 is 10.1 Å². The van der Waals surface area contributed by atoms with E-state index < -0.39 is 0 Å².